The Morgan fingerprint density at radius 2 is 0.875 bits per heavy atom. The Morgan fingerprint density at radius 1 is 0.583 bits per heavy atom. The van der Waals surface area contributed by atoms with Gasteiger partial charge in [0.15, 0.2) is 0 Å². The van der Waals surface area contributed by atoms with Gasteiger partial charge in [-0.05, 0) is 86.1 Å². The lowest BCUT2D eigenvalue weighted by molar-refractivity contribution is 0.808. The van der Waals surface area contributed by atoms with Crippen molar-refractivity contribution in [3.8, 4) is 0 Å². The van der Waals surface area contributed by atoms with Crippen LogP contribution in [-0.2, 0) is 0 Å². The van der Waals surface area contributed by atoms with E-state index < -0.39 is 0 Å². The molecule has 0 heteroatoms. The summed E-state index contributed by atoms with van der Waals surface area (Å²) >= 11 is 0. The van der Waals surface area contributed by atoms with E-state index >= 15 is 0 Å². The third-order valence-electron chi connectivity index (χ3n) is 4.59. The Hall–Kier alpha value is -1.56. The van der Waals surface area contributed by atoms with Gasteiger partial charge in [-0.3, -0.25) is 0 Å². The Morgan fingerprint density at radius 3 is 1.04 bits per heavy atom. The summed E-state index contributed by atoms with van der Waals surface area (Å²) in [7, 11) is 0. The van der Waals surface area contributed by atoms with E-state index in [0.29, 0.717) is 11.8 Å². The summed E-state index contributed by atoms with van der Waals surface area (Å²) in [5.74, 6) is 0.910. The molecule has 0 saturated heterocycles. The van der Waals surface area contributed by atoms with E-state index in [1.807, 2.05) is 0 Å². The monoisotopic (exact) mass is 324 g/mol. The van der Waals surface area contributed by atoms with Gasteiger partial charge >= 0.3 is 0 Å². The minimum absolute atomic E-state index is 0.455. The van der Waals surface area contributed by atoms with E-state index in [1.165, 1.54) is 43.8 Å². The van der Waals surface area contributed by atoms with Gasteiger partial charge in [-0.2, -0.15) is 0 Å². The highest BCUT2D eigenvalue weighted by Crippen LogP contribution is 2.28. The molecule has 0 aromatic heterocycles. The van der Waals surface area contributed by atoms with Crippen molar-refractivity contribution in [1.29, 1.82) is 0 Å². The molecule has 0 radical (unpaired) electrons. The summed E-state index contributed by atoms with van der Waals surface area (Å²) in [6.07, 6.45) is 0. The van der Waals surface area contributed by atoms with Crippen molar-refractivity contribution >= 4 is 22.3 Å². The molecule has 1 aromatic rings. The Balaban J connectivity index is 4.65. The van der Waals surface area contributed by atoms with Gasteiger partial charge in [0.05, 0.1) is 0 Å². The van der Waals surface area contributed by atoms with Gasteiger partial charge in [-0.25, -0.2) is 0 Å². The third kappa shape index (κ3) is 3.58. The van der Waals surface area contributed by atoms with E-state index in [4.69, 9.17) is 0 Å². The molecule has 0 heterocycles. The maximum atomic E-state index is 4.33. The maximum Gasteiger partial charge on any atom is -0.0114 e. The van der Waals surface area contributed by atoms with Crippen LogP contribution < -0.4 is 10.4 Å². The summed E-state index contributed by atoms with van der Waals surface area (Å²) in [5.41, 5.74) is 10.6. The first-order valence-corrected chi connectivity index (χ1v) is 9.09. The van der Waals surface area contributed by atoms with Crippen LogP contribution in [0.5, 0.6) is 0 Å². The summed E-state index contributed by atoms with van der Waals surface area (Å²) < 4.78 is 0. The summed E-state index contributed by atoms with van der Waals surface area (Å²) in [6.45, 7) is 31.0. The molecule has 0 saturated carbocycles. The molecule has 1 rings (SSSR count). The van der Waals surface area contributed by atoms with Gasteiger partial charge in [0.2, 0.25) is 0 Å². The molecule has 0 aliphatic carbocycles. The second-order valence-corrected chi connectivity index (χ2v) is 8.20. The first kappa shape index (κ1) is 20.5. The lowest BCUT2D eigenvalue weighted by Gasteiger charge is -2.26. The molecule has 0 aliphatic heterocycles. The summed E-state index contributed by atoms with van der Waals surface area (Å²) in [4.78, 5) is 0. The average molecular weight is 325 g/mol. The molecule has 0 bridgehead atoms. The zero-order chi connectivity index (χ0) is 18.9. The van der Waals surface area contributed by atoms with Crippen LogP contribution in [0.15, 0.2) is 13.2 Å². The van der Waals surface area contributed by atoms with Crippen LogP contribution in [0.1, 0.15) is 103 Å². The minimum Gasteiger partial charge on any atom is -0.0955 e. The predicted molar refractivity (Wildman–Crippen MR) is 113 cm³/mol. The lowest BCUT2D eigenvalue weighted by Crippen LogP contribution is -2.32. The van der Waals surface area contributed by atoms with Crippen LogP contribution >= 0.6 is 0 Å². The van der Waals surface area contributed by atoms with Gasteiger partial charge in [0.25, 0.3) is 0 Å². The average Bonchev–Trinajstić information content (AvgIpc) is 2.42. The fraction of sp³-hybridized carbons (Fsp3) is 0.500. The van der Waals surface area contributed by atoms with Crippen LogP contribution in [0.2, 0.25) is 0 Å². The molecule has 0 N–H and O–H groups in total. The number of allylic oxidation sites excluding steroid dienone is 2. The van der Waals surface area contributed by atoms with Gasteiger partial charge in [-0.1, -0.05) is 63.1 Å². The number of rotatable bonds is 4. The standard InChI is InChI=1S/C24H36/c1-13(2)19-20(14(3)4)22(16(7)8)24(18(11)12)23(17(9)10)21(19)15(5)6/h15,18H,1,7H2,2-6,8-12H3. The molecule has 0 amide bonds. The highest BCUT2D eigenvalue weighted by molar-refractivity contribution is 5.78. The molecule has 0 aliphatic rings. The smallest absolute Gasteiger partial charge is 0.0114 e. The third-order valence-corrected chi connectivity index (χ3v) is 4.59. The summed E-state index contributed by atoms with van der Waals surface area (Å²) in [6, 6.07) is 0. The van der Waals surface area contributed by atoms with Crippen molar-refractivity contribution in [2.75, 3.05) is 0 Å². The van der Waals surface area contributed by atoms with E-state index in [1.54, 1.807) is 0 Å². The van der Waals surface area contributed by atoms with Crippen LogP contribution in [0.4, 0.5) is 0 Å². The number of benzene rings is 1. The van der Waals surface area contributed by atoms with Crippen molar-refractivity contribution in [2.45, 2.75) is 81.1 Å². The Kier molecular flexibility index (Phi) is 6.45. The quantitative estimate of drug-likeness (QED) is 0.602. The van der Waals surface area contributed by atoms with Crippen molar-refractivity contribution in [2.24, 2.45) is 0 Å². The van der Waals surface area contributed by atoms with Gasteiger partial charge in [0, 0.05) is 0 Å². The molecule has 0 fully saturated rings. The summed E-state index contributed by atoms with van der Waals surface area (Å²) in [5, 5.41) is 2.79. The van der Waals surface area contributed by atoms with Crippen LogP contribution in [0, 0.1) is 0 Å². The molecule has 0 spiro atoms. The molecular weight excluding hydrogens is 288 g/mol. The minimum atomic E-state index is 0.455. The molecule has 0 atom stereocenters. The van der Waals surface area contributed by atoms with Gasteiger partial charge in [0.1, 0.15) is 0 Å². The SMILES string of the molecule is C=C(C)c1c(C(C)C)c(=C(C)C)c(C(C)C)c(C(=C)C)c1=C(C)C. The number of hydrogen-bond donors (Lipinski definition) is 0. The fourth-order valence-electron chi connectivity index (χ4n) is 3.87. The highest BCUT2D eigenvalue weighted by atomic mass is 14.3. The van der Waals surface area contributed by atoms with Crippen LogP contribution in [0.3, 0.4) is 0 Å². The van der Waals surface area contributed by atoms with Gasteiger partial charge in [-0.15, -0.1) is 0 Å². The normalized spacial score (nSPS) is 11.2. The van der Waals surface area contributed by atoms with Crippen molar-refractivity contribution in [3.63, 3.8) is 0 Å². The second kappa shape index (κ2) is 7.55. The molecule has 0 unspecified atom stereocenters. The Labute approximate surface area is 149 Å². The molecular formula is C24H36. The van der Waals surface area contributed by atoms with Crippen molar-refractivity contribution in [3.05, 3.63) is 45.8 Å². The first-order chi connectivity index (χ1) is 10.9. The molecule has 0 nitrogen and oxygen atoms in total. The molecule has 24 heavy (non-hydrogen) atoms. The van der Waals surface area contributed by atoms with Crippen molar-refractivity contribution < 1.29 is 0 Å². The van der Waals surface area contributed by atoms with E-state index in [-0.39, 0.29) is 0 Å². The lowest BCUT2D eigenvalue weighted by atomic mass is 9.78. The largest absolute Gasteiger partial charge is 0.0955 e. The molecule has 1 aromatic carbocycles. The Bertz CT molecular complexity index is 734. The molecule has 132 valence electrons. The first-order valence-electron chi connectivity index (χ1n) is 9.09. The predicted octanol–water partition coefficient (Wildman–Crippen LogP) is 6.38. The van der Waals surface area contributed by atoms with Gasteiger partial charge < -0.3 is 0 Å². The van der Waals surface area contributed by atoms with Crippen LogP contribution in [0.25, 0.3) is 22.3 Å². The van der Waals surface area contributed by atoms with E-state index in [0.717, 1.165) is 11.1 Å². The van der Waals surface area contributed by atoms with E-state index in [2.05, 4.69) is 82.4 Å². The van der Waals surface area contributed by atoms with E-state index in [9.17, 15) is 0 Å². The zero-order valence-electron chi connectivity index (χ0n) is 17.6. The fourth-order valence-corrected chi connectivity index (χ4v) is 3.87. The second-order valence-electron chi connectivity index (χ2n) is 8.20. The zero-order valence-corrected chi connectivity index (χ0v) is 17.6. The van der Waals surface area contributed by atoms with Crippen molar-refractivity contribution in [1.82, 2.24) is 0 Å². The van der Waals surface area contributed by atoms with Crippen LogP contribution in [-0.4, -0.2) is 0 Å². The topological polar surface area (TPSA) is 0 Å². The highest BCUT2D eigenvalue weighted by Gasteiger charge is 2.22. The number of hydrogen-bond acceptors (Lipinski definition) is 0. The maximum absolute atomic E-state index is 4.33.